The van der Waals surface area contributed by atoms with Gasteiger partial charge in [0.25, 0.3) is 0 Å². The van der Waals surface area contributed by atoms with E-state index in [2.05, 4.69) is 25.6 Å². The number of unbranched alkanes of at least 4 members (excludes halogenated alkanes) is 1. The van der Waals surface area contributed by atoms with Crippen LogP contribution in [-0.4, -0.2) is 5.75 Å². The number of thioether (sulfide) groups is 1. The first kappa shape index (κ1) is 11.2. The molecule has 0 saturated carbocycles. The molecule has 0 bridgehead atoms. The normalized spacial score (nSPS) is 10.1. The standard InChI is InChI=1S/C12H17NS/c1-3-4-5-8-14-12-7-6-10(2)9-11(12)13/h3,6-7,9H,1,4-5,8,13H2,2H3. The van der Waals surface area contributed by atoms with Crippen molar-refractivity contribution in [3.8, 4) is 0 Å². The van der Waals surface area contributed by atoms with Gasteiger partial charge in [-0.25, -0.2) is 0 Å². The Hall–Kier alpha value is -0.890. The van der Waals surface area contributed by atoms with Crippen molar-refractivity contribution in [2.24, 2.45) is 0 Å². The first-order chi connectivity index (χ1) is 6.74. The molecular weight excluding hydrogens is 190 g/mol. The van der Waals surface area contributed by atoms with Crippen molar-refractivity contribution in [3.05, 3.63) is 36.4 Å². The lowest BCUT2D eigenvalue weighted by atomic mass is 10.2. The zero-order valence-electron chi connectivity index (χ0n) is 8.62. The van der Waals surface area contributed by atoms with Crippen LogP contribution in [0.15, 0.2) is 35.7 Å². The van der Waals surface area contributed by atoms with Crippen molar-refractivity contribution >= 4 is 17.4 Å². The molecule has 0 spiro atoms. The summed E-state index contributed by atoms with van der Waals surface area (Å²) in [5.41, 5.74) is 8.01. The van der Waals surface area contributed by atoms with Gasteiger partial charge in [-0.3, -0.25) is 0 Å². The summed E-state index contributed by atoms with van der Waals surface area (Å²) in [7, 11) is 0. The second-order valence-electron chi connectivity index (χ2n) is 3.32. The van der Waals surface area contributed by atoms with Crippen LogP contribution in [0.3, 0.4) is 0 Å². The van der Waals surface area contributed by atoms with Crippen molar-refractivity contribution in [1.29, 1.82) is 0 Å². The Morgan fingerprint density at radius 3 is 2.93 bits per heavy atom. The number of nitrogen functional groups attached to an aromatic ring is 1. The Morgan fingerprint density at radius 1 is 1.50 bits per heavy atom. The number of anilines is 1. The summed E-state index contributed by atoms with van der Waals surface area (Å²) >= 11 is 1.82. The van der Waals surface area contributed by atoms with Crippen molar-refractivity contribution < 1.29 is 0 Å². The van der Waals surface area contributed by atoms with Gasteiger partial charge in [0.05, 0.1) is 0 Å². The minimum absolute atomic E-state index is 0.897. The third-order valence-electron chi connectivity index (χ3n) is 1.98. The van der Waals surface area contributed by atoms with Gasteiger partial charge in [0.1, 0.15) is 0 Å². The van der Waals surface area contributed by atoms with Gasteiger partial charge in [-0.05, 0) is 43.2 Å². The van der Waals surface area contributed by atoms with E-state index in [4.69, 9.17) is 5.73 Å². The fourth-order valence-corrected chi connectivity index (χ4v) is 2.13. The first-order valence-corrected chi connectivity index (χ1v) is 5.82. The van der Waals surface area contributed by atoms with Gasteiger partial charge >= 0.3 is 0 Å². The predicted octanol–water partition coefficient (Wildman–Crippen LogP) is 3.64. The van der Waals surface area contributed by atoms with Crippen molar-refractivity contribution in [2.75, 3.05) is 11.5 Å². The summed E-state index contributed by atoms with van der Waals surface area (Å²) in [5, 5.41) is 0. The van der Waals surface area contributed by atoms with Crippen LogP contribution in [0.1, 0.15) is 18.4 Å². The minimum Gasteiger partial charge on any atom is -0.398 e. The number of nitrogens with two attached hydrogens (primary N) is 1. The summed E-state index contributed by atoms with van der Waals surface area (Å²) in [6.45, 7) is 5.76. The van der Waals surface area contributed by atoms with Crippen LogP contribution in [0.25, 0.3) is 0 Å². The first-order valence-electron chi connectivity index (χ1n) is 4.84. The predicted molar refractivity (Wildman–Crippen MR) is 65.7 cm³/mol. The van der Waals surface area contributed by atoms with Gasteiger partial charge in [-0.1, -0.05) is 12.1 Å². The molecule has 76 valence electrons. The Bertz CT molecular complexity index is 307. The molecule has 0 aliphatic heterocycles. The summed E-state index contributed by atoms with van der Waals surface area (Å²) in [4.78, 5) is 1.19. The zero-order chi connectivity index (χ0) is 10.4. The Kier molecular flexibility index (Phi) is 4.60. The molecule has 2 heteroatoms. The topological polar surface area (TPSA) is 26.0 Å². The van der Waals surface area contributed by atoms with Crippen molar-refractivity contribution in [3.63, 3.8) is 0 Å². The lowest BCUT2D eigenvalue weighted by Gasteiger charge is -2.05. The average Bonchev–Trinajstić information content (AvgIpc) is 2.15. The second kappa shape index (κ2) is 5.76. The highest BCUT2D eigenvalue weighted by Gasteiger charge is 1.98. The molecule has 2 N–H and O–H groups in total. The largest absolute Gasteiger partial charge is 0.398 e. The third-order valence-corrected chi connectivity index (χ3v) is 3.15. The number of hydrogen-bond donors (Lipinski definition) is 1. The molecule has 14 heavy (non-hydrogen) atoms. The van der Waals surface area contributed by atoms with E-state index in [0.717, 1.165) is 17.9 Å². The molecule has 0 atom stereocenters. The maximum Gasteiger partial charge on any atom is 0.0454 e. The highest BCUT2D eigenvalue weighted by Crippen LogP contribution is 2.26. The maximum atomic E-state index is 5.90. The molecule has 1 aromatic carbocycles. The molecule has 0 radical (unpaired) electrons. The van der Waals surface area contributed by atoms with Crippen LogP contribution < -0.4 is 5.73 Å². The van der Waals surface area contributed by atoms with E-state index in [1.54, 1.807) is 0 Å². The molecule has 0 amide bonds. The lowest BCUT2D eigenvalue weighted by Crippen LogP contribution is -1.90. The molecule has 1 nitrogen and oxygen atoms in total. The van der Waals surface area contributed by atoms with E-state index in [0.29, 0.717) is 0 Å². The third kappa shape index (κ3) is 3.46. The molecule has 0 aromatic heterocycles. The van der Waals surface area contributed by atoms with Crippen molar-refractivity contribution in [2.45, 2.75) is 24.7 Å². The van der Waals surface area contributed by atoms with Gasteiger partial charge in [0.2, 0.25) is 0 Å². The Labute approximate surface area is 90.4 Å². The number of allylic oxidation sites excluding steroid dienone is 1. The van der Waals surface area contributed by atoms with E-state index < -0.39 is 0 Å². The second-order valence-corrected chi connectivity index (χ2v) is 4.46. The van der Waals surface area contributed by atoms with Gasteiger partial charge in [0, 0.05) is 10.6 Å². The highest BCUT2D eigenvalue weighted by molar-refractivity contribution is 7.99. The van der Waals surface area contributed by atoms with Crippen LogP contribution in [0.4, 0.5) is 5.69 Å². The highest BCUT2D eigenvalue weighted by atomic mass is 32.2. The quantitative estimate of drug-likeness (QED) is 0.345. The van der Waals surface area contributed by atoms with Crippen LogP contribution in [0.5, 0.6) is 0 Å². The Morgan fingerprint density at radius 2 is 2.29 bits per heavy atom. The molecule has 0 fully saturated rings. The van der Waals surface area contributed by atoms with E-state index in [-0.39, 0.29) is 0 Å². The lowest BCUT2D eigenvalue weighted by molar-refractivity contribution is 0.974. The Balaban J connectivity index is 2.46. The molecule has 1 aromatic rings. The van der Waals surface area contributed by atoms with Gasteiger partial charge < -0.3 is 5.73 Å². The monoisotopic (exact) mass is 207 g/mol. The van der Waals surface area contributed by atoms with E-state index in [1.807, 2.05) is 23.9 Å². The van der Waals surface area contributed by atoms with Crippen molar-refractivity contribution in [1.82, 2.24) is 0 Å². The molecule has 0 saturated heterocycles. The molecule has 0 aliphatic carbocycles. The number of rotatable bonds is 5. The molecule has 0 unspecified atom stereocenters. The van der Waals surface area contributed by atoms with Crippen LogP contribution in [0, 0.1) is 6.92 Å². The van der Waals surface area contributed by atoms with E-state index >= 15 is 0 Å². The SMILES string of the molecule is C=CCCCSc1ccc(C)cc1N. The number of hydrogen-bond acceptors (Lipinski definition) is 2. The smallest absolute Gasteiger partial charge is 0.0454 e. The minimum atomic E-state index is 0.897. The maximum absolute atomic E-state index is 5.90. The average molecular weight is 207 g/mol. The fourth-order valence-electron chi connectivity index (χ4n) is 1.21. The van der Waals surface area contributed by atoms with Gasteiger partial charge in [0.15, 0.2) is 0 Å². The molecule has 0 heterocycles. The summed E-state index contributed by atoms with van der Waals surface area (Å²) < 4.78 is 0. The fraction of sp³-hybridized carbons (Fsp3) is 0.333. The van der Waals surface area contributed by atoms with Crippen LogP contribution in [-0.2, 0) is 0 Å². The summed E-state index contributed by atoms with van der Waals surface area (Å²) in [6, 6.07) is 6.23. The van der Waals surface area contributed by atoms with Crippen LogP contribution >= 0.6 is 11.8 Å². The van der Waals surface area contributed by atoms with E-state index in [9.17, 15) is 0 Å². The molecule has 1 rings (SSSR count). The van der Waals surface area contributed by atoms with E-state index in [1.165, 1.54) is 16.9 Å². The number of benzene rings is 1. The zero-order valence-corrected chi connectivity index (χ0v) is 9.44. The molecule has 0 aliphatic rings. The van der Waals surface area contributed by atoms with Crippen LogP contribution in [0.2, 0.25) is 0 Å². The van der Waals surface area contributed by atoms with Gasteiger partial charge in [-0.15, -0.1) is 18.3 Å². The number of aryl methyl sites for hydroxylation is 1. The molecular formula is C12H17NS. The summed E-state index contributed by atoms with van der Waals surface area (Å²) in [5.74, 6) is 1.11. The van der Waals surface area contributed by atoms with Gasteiger partial charge in [-0.2, -0.15) is 0 Å². The summed E-state index contributed by atoms with van der Waals surface area (Å²) in [6.07, 6.45) is 4.21.